The maximum Gasteiger partial charge on any atom is 0.319 e. The zero-order chi connectivity index (χ0) is 13.3. The Hall–Kier alpha value is -1.24. The van der Waals surface area contributed by atoms with Crippen LogP contribution in [0.2, 0.25) is 0 Å². The first-order valence-corrected chi connectivity index (χ1v) is 6.87. The highest BCUT2D eigenvalue weighted by Crippen LogP contribution is 2.42. The Morgan fingerprint density at radius 1 is 1.50 bits per heavy atom. The van der Waals surface area contributed by atoms with Crippen LogP contribution in [-0.4, -0.2) is 33.1 Å². The van der Waals surface area contributed by atoms with Crippen molar-refractivity contribution in [2.45, 2.75) is 43.1 Å². The van der Waals surface area contributed by atoms with Gasteiger partial charge in [0.05, 0.1) is 7.11 Å². The van der Waals surface area contributed by atoms with Crippen molar-refractivity contribution in [3.63, 3.8) is 0 Å². The van der Waals surface area contributed by atoms with E-state index in [-0.39, 0.29) is 17.3 Å². The van der Waals surface area contributed by atoms with Gasteiger partial charge in [0, 0.05) is 6.04 Å². The van der Waals surface area contributed by atoms with E-state index >= 15 is 0 Å². The minimum Gasteiger partial charge on any atom is -0.468 e. The van der Waals surface area contributed by atoms with Gasteiger partial charge in [-0.15, -0.1) is 10.2 Å². The highest BCUT2D eigenvalue weighted by Gasteiger charge is 2.39. The molecule has 1 atom stereocenters. The smallest absolute Gasteiger partial charge is 0.319 e. The monoisotopic (exact) mass is 270 g/mol. The minimum absolute atomic E-state index is 0.167. The molecule has 1 aliphatic carbocycles. The van der Waals surface area contributed by atoms with Gasteiger partial charge in [-0.2, -0.15) is 0 Å². The van der Waals surface area contributed by atoms with E-state index in [1.165, 1.54) is 18.9 Å². The lowest BCUT2D eigenvalue weighted by atomic mass is 10.3. The maximum atomic E-state index is 11.8. The summed E-state index contributed by atoms with van der Waals surface area (Å²) in [5, 5.41) is 8.41. The van der Waals surface area contributed by atoms with Crippen LogP contribution in [0, 0.1) is 5.92 Å². The van der Waals surface area contributed by atoms with Gasteiger partial charge in [-0.1, -0.05) is 11.8 Å². The zero-order valence-electron chi connectivity index (χ0n) is 10.8. The summed E-state index contributed by atoms with van der Waals surface area (Å²) in [6.45, 7) is 4.02. The third-order valence-corrected chi connectivity index (χ3v) is 4.24. The summed E-state index contributed by atoms with van der Waals surface area (Å²) >= 11 is 1.40. The van der Waals surface area contributed by atoms with E-state index in [0.717, 1.165) is 12.8 Å². The number of methoxy groups -OCH3 is 1. The Bertz CT molecular complexity index is 442. The molecule has 7 heteroatoms. The van der Waals surface area contributed by atoms with E-state index in [0.29, 0.717) is 17.0 Å². The molecule has 1 fully saturated rings. The zero-order valence-corrected chi connectivity index (χ0v) is 11.6. The topological polar surface area (TPSA) is 83.0 Å². The lowest BCUT2D eigenvalue weighted by molar-refractivity contribution is -0.140. The van der Waals surface area contributed by atoms with Crippen LogP contribution in [0.25, 0.3) is 0 Å². The van der Waals surface area contributed by atoms with Crippen LogP contribution >= 0.6 is 11.8 Å². The number of aromatic nitrogens is 3. The first kappa shape index (κ1) is 13.2. The van der Waals surface area contributed by atoms with Crippen molar-refractivity contribution in [3.05, 3.63) is 0 Å². The number of nitrogens with zero attached hydrogens (tertiary/aromatic N) is 3. The number of ether oxygens (including phenoxy) is 1. The molecule has 0 spiro atoms. The molecule has 2 rings (SSSR count). The van der Waals surface area contributed by atoms with Gasteiger partial charge in [0.2, 0.25) is 5.95 Å². The highest BCUT2D eigenvalue weighted by molar-refractivity contribution is 8.00. The third kappa shape index (κ3) is 2.60. The summed E-state index contributed by atoms with van der Waals surface area (Å²) in [6, 6.07) is 0.167. The van der Waals surface area contributed by atoms with Crippen molar-refractivity contribution in [2.24, 2.45) is 5.92 Å². The van der Waals surface area contributed by atoms with Crippen LogP contribution in [0.4, 0.5) is 5.95 Å². The molecule has 0 aromatic carbocycles. The number of carbonyl (C=O) groups excluding carboxylic acids is 1. The molecule has 100 valence electrons. The quantitative estimate of drug-likeness (QED) is 0.644. The van der Waals surface area contributed by atoms with Gasteiger partial charge in [-0.05, 0) is 32.6 Å². The lowest BCUT2D eigenvalue weighted by Crippen LogP contribution is -2.22. The minimum atomic E-state index is -0.198. The first-order valence-electron chi connectivity index (χ1n) is 5.99. The number of thioether (sulfide) groups is 1. The number of nitrogen functional groups attached to an aromatic ring is 1. The van der Waals surface area contributed by atoms with Crippen molar-refractivity contribution in [1.29, 1.82) is 0 Å². The highest BCUT2D eigenvalue weighted by atomic mass is 32.2. The van der Waals surface area contributed by atoms with Gasteiger partial charge in [0.15, 0.2) is 5.16 Å². The largest absolute Gasteiger partial charge is 0.468 e. The second-order valence-electron chi connectivity index (χ2n) is 4.70. The Morgan fingerprint density at radius 3 is 2.67 bits per heavy atom. The van der Waals surface area contributed by atoms with Crippen molar-refractivity contribution in [2.75, 3.05) is 12.8 Å². The molecule has 0 radical (unpaired) electrons. The summed E-state index contributed by atoms with van der Waals surface area (Å²) in [5.41, 5.74) is 5.78. The van der Waals surface area contributed by atoms with Crippen LogP contribution in [-0.2, 0) is 9.53 Å². The fraction of sp³-hybridized carbons (Fsp3) is 0.727. The first-order chi connectivity index (χ1) is 8.54. The van der Waals surface area contributed by atoms with Gasteiger partial charge in [0.1, 0.15) is 5.25 Å². The molecule has 1 aliphatic rings. The molecule has 6 nitrogen and oxygen atoms in total. The molecule has 0 saturated heterocycles. The molecule has 0 amide bonds. The second-order valence-corrected chi connectivity index (χ2v) is 5.81. The number of esters is 1. The number of anilines is 1. The number of carbonyl (C=O) groups is 1. The molecule has 18 heavy (non-hydrogen) atoms. The normalized spacial score (nSPS) is 16.9. The summed E-state index contributed by atoms with van der Waals surface area (Å²) in [5.74, 6) is 0.576. The third-order valence-electron chi connectivity index (χ3n) is 2.92. The molecular weight excluding hydrogens is 252 g/mol. The average molecular weight is 270 g/mol. The van der Waals surface area contributed by atoms with E-state index in [1.54, 1.807) is 0 Å². The van der Waals surface area contributed by atoms with Crippen molar-refractivity contribution in [1.82, 2.24) is 14.8 Å². The Morgan fingerprint density at radius 2 is 2.17 bits per heavy atom. The predicted octanol–water partition coefficient (Wildman–Crippen LogP) is 1.48. The van der Waals surface area contributed by atoms with Crippen LogP contribution in [0.3, 0.4) is 0 Å². The van der Waals surface area contributed by atoms with Crippen LogP contribution in [0.1, 0.15) is 32.7 Å². The van der Waals surface area contributed by atoms with Crippen LogP contribution in [0.5, 0.6) is 0 Å². The second kappa shape index (κ2) is 5.17. The molecule has 1 aromatic rings. The molecule has 1 saturated carbocycles. The molecule has 1 unspecified atom stereocenters. The van der Waals surface area contributed by atoms with E-state index in [9.17, 15) is 4.79 Å². The van der Waals surface area contributed by atoms with Gasteiger partial charge in [-0.25, -0.2) is 0 Å². The summed E-state index contributed by atoms with van der Waals surface area (Å²) in [7, 11) is 1.42. The SMILES string of the molecule is COC(=O)C(Sc1nnc(N)n1C(C)C)C1CC1. The van der Waals surface area contributed by atoms with Gasteiger partial charge in [-0.3, -0.25) is 9.36 Å². The van der Waals surface area contributed by atoms with E-state index < -0.39 is 0 Å². The summed E-state index contributed by atoms with van der Waals surface area (Å²) in [4.78, 5) is 11.8. The standard InChI is InChI=1S/C11H18N4O2S/c1-6(2)15-10(12)13-14-11(15)18-8(7-4-5-7)9(16)17-3/h6-8H,4-5H2,1-3H3,(H2,12,13). The van der Waals surface area contributed by atoms with Crippen molar-refractivity contribution >= 4 is 23.7 Å². The van der Waals surface area contributed by atoms with E-state index in [2.05, 4.69) is 10.2 Å². The molecule has 0 aliphatic heterocycles. The number of hydrogen-bond acceptors (Lipinski definition) is 6. The fourth-order valence-electron chi connectivity index (χ4n) is 1.82. The van der Waals surface area contributed by atoms with Crippen molar-refractivity contribution < 1.29 is 9.53 Å². The molecule has 1 heterocycles. The molecule has 2 N–H and O–H groups in total. The Labute approximate surface area is 110 Å². The molecule has 0 bridgehead atoms. The number of nitrogens with two attached hydrogens (primary N) is 1. The Kier molecular flexibility index (Phi) is 3.79. The predicted molar refractivity (Wildman–Crippen MR) is 69.2 cm³/mol. The fourth-order valence-corrected chi connectivity index (χ4v) is 3.21. The summed E-state index contributed by atoms with van der Waals surface area (Å²) in [6.07, 6.45) is 2.14. The lowest BCUT2D eigenvalue weighted by Gasteiger charge is -2.15. The maximum absolute atomic E-state index is 11.8. The van der Waals surface area contributed by atoms with Gasteiger partial charge >= 0.3 is 5.97 Å². The average Bonchev–Trinajstić information content (AvgIpc) is 3.09. The van der Waals surface area contributed by atoms with Crippen molar-refractivity contribution in [3.8, 4) is 0 Å². The van der Waals surface area contributed by atoms with Crippen LogP contribution < -0.4 is 5.73 Å². The van der Waals surface area contributed by atoms with Gasteiger partial charge in [0.25, 0.3) is 0 Å². The number of rotatable bonds is 5. The summed E-state index contributed by atoms with van der Waals surface area (Å²) < 4.78 is 6.68. The molecule has 1 aromatic heterocycles. The van der Waals surface area contributed by atoms with E-state index in [1.807, 2.05) is 18.4 Å². The Balaban J connectivity index is 2.18. The number of hydrogen-bond donors (Lipinski definition) is 1. The molecular formula is C11H18N4O2S. The van der Waals surface area contributed by atoms with E-state index in [4.69, 9.17) is 10.5 Å². The van der Waals surface area contributed by atoms with Crippen LogP contribution in [0.15, 0.2) is 5.16 Å². The van der Waals surface area contributed by atoms with Gasteiger partial charge < -0.3 is 10.5 Å².